The number of hydrogen-bond donors (Lipinski definition) is 1. The fourth-order valence-corrected chi connectivity index (χ4v) is 5.00. The predicted octanol–water partition coefficient (Wildman–Crippen LogP) is 5.03. The van der Waals surface area contributed by atoms with E-state index in [4.69, 9.17) is 11.6 Å². The van der Waals surface area contributed by atoms with E-state index in [1.54, 1.807) is 30.3 Å². The van der Waals surface area contributed by atoms with Crippen LogP contribution in [-0.4, -0.2) is 20.9 Å². The molecule has 0 bridgehead atoms. The molecule has 0 aromatic heterocycles. The topological polar surface area (TPSA) is 66.5 Å². The maximum Gasteiger partial charge on any atom is 0.264 e. The molecular weight excluding hydrogens is 432 g/mol. The summed E-state index contributed by atoms with van der Waals surface area (Å²) in [5.74, 6) is -0.395. The number of rotatable bonds is 7. The monoisotopic (exact) mass is 456 g/mol. The predicted molar refractivity (Wildman–Crippen MR) is 125 cm³/mol. The van der Waals surface area contributed by atoms with Crippen LogP contribution in [0.2, 0.25) is 5.02 Å². The first-order valence-corrected chi connectivity index (χ1v) is 11.7. The van der Waals surface area contributed by atoms with E-state index in [-0.39, 0.29) is 17.5 Å². The van der Waals surface area contributed by atoms with E-state index in [2.05, 4.69) is 11.4 Å². The van der Waals surface area contributed by atoms with Gasteiger partial charge in [0, 0.05) is 5.02 Å². The average Bonchev–Trinajstić information content (AvgIpc) is 2.72. The van der Waals surface area contributed by atoms with Crippen molar-refractivity contribution in [3.8, 4) is 0 Å². The van der Waals surface area contributed by atoms with E-state index in [1.165, 1.54) is 24.3 Å². The van der Waals surface area contributed by atoms with Crippen LogP contribution in [0.4, 0.5) is 5.69 Å². The van der Waals surface area contributed by atoms with E-state index < -0.39 is 15.9 Å². The number of para-hydroxylation sites is 1. The van der Waals surface area contributed by atoms with Crippen LogP contribution in [0.15, 0.2) is 77.7 Å². The fourth-order valence-electron chi connectivity index (χ4n) is 3.45. The third kappa shape index (κ3) is 5.46. The van der Waals surface area contributed by atoms with Gasteiger partial charge in [-0.25, -0.2) is 8.42 Å². The molecule has 0 saturated carbocycles. The van der Waals surface area contributed by atoms with Gasteiger partial charge in [0.15, 0.2) is 0 Å². The number of sulfonamides is 1. The summed E-state index contributed by atoms with van der Waals surface area (Å²) in [6, 6.07) is 20.2. The van der Waals surface area contributed by atoms with Crippen LogP contribution >= 0.6 is 11.6 Å². The van der Waals surface area contributed by atoms with Gasteiger partial charge in [-0.1, -0.05) is 53.6 Å². The van der Waals surface area contributed by atoms with Crippen LogP contribution in [-0.2, 0) is 14.8 Å². The number of benzene rings is 3. The van der Waals surface area contributed by atoms with Crippen molar-refractivity contribution in [2.45, 2.75) is 31.7 Å². The number of anilines is 1. The Morgan fingerprint density at radius 3 is 2.26 bits per heavy atom. The summed E-state index contributed by atoms with van der Waals surface area (Å²) in [6.07, 6.45) is 0. The summed E-state index contributed by atoms with van der Waals surface area (Å²) in [5.41, 5.74) is 3.61. The lowest BCUT2D eigenvalue weighted by Gasteiger charge is -2.25. The molecule has 3 aromatic rings. The Bertz CT molecular complexity index is 1160. The van der Waals surface area contributed by atoms with E-state index >= 15 is 0 Å². The van der Waals surface area contributed by atoms with Crippen LogP contribution in [0.1, 0.15) is 29.7 Å². The van der Waals surface area contributed by atoms with Crippen molar-refractivity contribution >= 4 is 33.2 Å². The number of aryl methyl sites for hydroxylation is 2. The molecule has 0 aliphatic carbocycles. The molecule has 3 rings (SSSR count). The highest BCUT2D eigenvalue weighted by Gasteiger charge is 2.27. The smallest absolute Gasteiger partial charge is 0.264 e. The fraction of sp³-hybridized carbons (Fsp3) is 0.208. The average molecular weight is 457 g/mol. The molecule has 0 aliphatic rings. The summed E-state index contributed by atoms with van der Waals surface area (Å²) < 4.78 is 27.8. The van der Waals surface area contributed by atoms with Gasteiger partial charge in [-0.2, -0.15) is 0 Å². The first-order valence-electron chi connectivity index (χ1n) is 9.88. The molecule has 1 N–H and O–H groups in total. The van der Waals surface area contributed by atoms with Gasteiger partial charge in [-0.3, -0.25) is 9.10 Å². The first kappa shape index (κ1) is 22.8. The van der Waals surface area contributed by atoms with Crippen molar-refractivity contribution in [1.29, 1.82) is 0 Å². The van der Waals surface area contributed by atoms with Crippen LogP contribution < -0.4 is 9.62 Å². The highest BCUT2D eigenvalue weighted by Crippen LogP contribution is 2.25. The van der Waals surface area contributed by atoms with Gasteiger partial charge in [0.2, 0.25) is 5.91 Å². The van der Waals surface area contributed by atoms with Crippen molar-refractivity contribution in [2.75, 3.05) is 10.8 Å². The van der Waals surface area contributed by atoms with Gasteiger partial charge in [0.05, 0.1) is 16.6 Å². The van der Waals surface area contributed by atoms with Crippen molar-refractivity contribution in [1.82, 2.24) is 5.32 Å². The summed E-state index contributed by atoms with van der Waals surface area (Å²) in [4.78, 5) is 12.9. The number of hydrogen-bond acceptors (Lipinski definition) is 3. The Balaban J connectivity index is 1.87. The normalized spacial score (nSPS) is 12.3. The summed E-state index contributed by atoms with van der Waals surface area (Å²) >= 11 is 5.91. The van der Waals surface area contributed by atoms with Gasteiger partial charge < -0.3 is 5.32 Å². The highest BCUT2D eigenvalue weighted by molar-refractivity contribution is 7.92. The van der Waals surface area contributed by atoms with Gasteiger partial charge in [0.1, 0.15) is 6.54 Å². The number of carbonyl (C=O) groups excluding carboxylic acids is 1. The van der Waals surface area contributed by atoms with E-state index in [0.717, 1.165) is 21.0 Å². The number of halogens is 1. The molecule has 0 fully saturated rings. The zero-order valence-corrected chi connectivity index (χ0v) is 19.2. The molecule has 31 heavy (non-hydrogen) atoms. The minimum Gasteiger partial charge on any atom is -0.348 e. The Kier molecular flexibility index (Phi) is 7.03. The third-order valence-electron chi connectivity index (χ3n) is 5.00. The molecule has 1 amide bonds. The Hall–Kier alpha value is -2.83. The molecule has 0 unspecified atom stereocenters. The molecule has 1 atom stereocenters. The van der Waals surface area contributed by atoms with Gasteiger partial charge in [-0.05, 0) is 68.3 Å². The molecule has 0 spiro atoms. The minimum absolute atomic E-state index is 0.0657. The van der Waals surface area contributed by atoms with E-state index in [9.17, 15) is 13.2 Å². The molecule has 0 aliphatic heterocycles. The van der Waals surface area contributed by atoms with Crippen LogP contribution in [0.25, 0.3) is 0 Å². The van der Waals surface area contributed by atoms with Crippen LogP contribution in [0.3, 0.4) is 0 Å². The molecule has 5 nitrogen and oxygen atoms in total. The first-order chi connectivity index (χ1) is 14.7. The lowest BCUT2D eigenvalue weighted by molar-refractivity contribution is -0.120. The van der Waals surface area contributed by atoms with Gasteiger partial charge in [0.25, 0.3) is 10.0 Å². The molecule has 0 saturated heterocycles. The molecule has 0 heterocycles. The second-order valence-electron chi connectivity index (χ2n) is 7.45. The maximum absolute atomic E-state index is 13.3. The van der Waals surface area contributed by atoms with Gasteiger partial charge in [-0.15, -0.1) is 0 Å². The summed E-state index contributed by atoms with van der Waals surface area (Å²) in [7, 11) is -3.97. The van der Waals surface area contributed by atoms with Crippen molar-refractivity contribution in [2.24, 2.45) is 0 Å². The van der Waals surface area contributed by atoms with Crippen molar-refractivity contribution in [3.05, 3.63) is 94.5 Å². The molecule has 3 aromatic carbocycles. The van der Waals surface area contributed by atoms with Crippen molar-refractivity contribution in [3.63, 3.8) is 0 Å². The quantitative estimate of drug-likeness (QED) is 0.542. The molecule has 162 valence electrons. The number of nitrogens with one attached hydrogen (secondary N) is 1. The number of amides is 1. The highest BCUT2D eigenvalue weighted by atomic mass is 35.5. The Morgan fingerprint density at radius 1 is 1.00 bits per heavy atom. The largest absolute Gasteiger partial charge is 0.348 e. The minimum atomic E-state index is -3.97. The Morgan fingerprint density at radius 2 is 1.65 bits per heavy atom. The van der Waals surface area contributed by atoms with E-state index in [0.29, 0.717) is 10.7 Å². The molecule has 7 heteroatoms. The second-order valence-corrected chi connectivity index (χ2v) is 9.75. The van der Waals surface area contributed by atoms with E-state index in [1.807, 2.05) is 32.9 Å². The van der Waals surface area contributed by atoms with Crippen molar-refractivity contribution < 1.29 is 13.2 Å². The van der Waals surface area contributed by atoms with Gasteiger partial charge >= 0.3 is 0 Å². The zero-order valence-electron chi connectivity index (χ0n) is 17.7. The second kappa shape index (κ2) is 9.54. The Labute approximate surface area is 188 Å². The third-order valence-corrected chi connectivity index (χ3v) is 7.04. The molecule has 0 radical (unpaired) electrons. The number of carbonyl (C=O) groups is 1. The number of nitrogens with zero attached hydrogens (tertiary/aromatic N) is 1. The SMILES string of the molecule is Cc1ccc([C@@H](C)NC(=O)CN(c2ccccc2)S(=O)(=O)c2ccc(Cl)cc2)c(C)c1. The van der Waals surface area contributed by atoms with Crippen LogP contribution in [0, 0.1) is 13.8 Å². The lowest BCUT2D eigenvalue weighted by Crippen LogP contribution is -2.41. The summed E-state index contributed by atoms with van der Waals surface area (Å²) in [5, 5.41) is 3.36. The lowest BCUT2D eigenvalue weighted by atomic mass is 10.0. The van der Waals surface area contributed by atoms with Crippen LogP contribution in [0.5, 0.6) is 0 Å². The molecular formula is C24H25ClN2O3S. The maximum atomic E-state index is 13.3. The zero-order chi connectivity index (χ0) is 22.6. The standard InChI is InChI=1S/C24H25ClN2O3S/c1-17-9-14-23(18(2)15-17)19(3)26-24(28)16-27(21-7-5-4-6-8-21)31(29,30)22-12-10-20(25)11-13-22/h4-15,19H,16H2,1-3H3,(H,26,28)/t19-/m1/s1. The summed E-state index contributed by atoms with van der Waals surface area (Å²) in [6.45, 7) is 5.55.